The monoisotopic (exact) mass is 335 g/mol. The number of halogens is 3. The van der Waals surface area contributed by atoms with Gasteiger partial charge in [0.1, 0.15) is 5.82 Å². The molecule has 1 rings (SSSR count). The van der Waals surface area contributed by atoms with Crippen LogP contribution in [0.25, 0.3) is 0 Å². The van der Waals surface area contributed by atoms with E-state index in [9.17, 15) is 9.18 Å². The molecule has 0 radical (unpaired) electrons. The molecule has 0 saturated carbocycles. The van der Waals surface area contributed by atoms with Gasteiger partial charge in [0.15, 0.2) is 0 Å². The van der Waals surface area contributed by atoms with E-state index in [0.29, 0.717) is 18.0 Å². The highest BCUT2D eigenvalue weighted by molar-refractivity contribution is 9.10. The summed E-state index contributed by atoms with van der Waals surface area (Å²) in [5, 5.41) is 0. The summed E-state index contributed by atoms with van der Waals surface area (Å²) in [6.45, 7) is 0.651. The summed E-state index contributed by atoms with van der Waals surface area (Å²) in [6.07, 6.45) is 2.85. The van der Waals surface area contributed by atoms with Gasteiger partial charge in [-0.2, -0.15) is 0 Å². The van der Waals surface area contributed by atoms with Crippen LogP contribution >= 0.6 is 27.5 Å². The van der Waals surface area contributed by atoms with E-state index in [1.54, 1.807) is 18.0 Å². The average Bonchev–Trinajstić information content (AvgIpc) is 2.37. The van der Waals surface area contributed by atoms with Crippen LogP contribution in [-0.2, 0) is 0 Å². The Kier molecular flexibility index (Phi) is 6.65. The number of amides is 1. The second kappa shape index (κ2) is 7.74. The van der Waals surface area contributed by atoms with Gasteiger partial charge < -0.3 is 4.90 Å². The summed E-state index contributed by atoms with van der Waals surface area (Å²) >= 11 is 8.69. The summed E-state index contributed by atoms with van der Waals surface area (Å²) in [4.78, 5) is 13.7. The Morgan fingerprint density at radius 3 is 2.78 bits per heavy atom. The standard InChI is InChI=1S/C13H16BrClFNO/c1-17(9-4-2-3-8-15)13(18)10-6-5-7-11(16)12(10)14/h5-7H,2-4,8-9H2,1H3. The van der Waals surface area contributed by atoms with Gasteiger partial charge in [-0.3, -0.25) is 4.79 Å². The number of alkyl halides is 1. The molecule has 1 aromatic rings. The Bertz CT molecular complexity index is 414. The number of hydrogen-bond acceptors (Lipinski definition) is 1. The first kappa shape index (κ1) is 15.4. The molecule has 0 aliphatic heterocycles. The lowest BCUT2D eigenvalue weighted by Crippen LogP contribution is -2.28. The molecule has 0 fully saturated rings. The third kappa shape index (κ3) is 4.25. The van der Waals surface area contributed by atoms with Crippen molar-refractivity contribution in [2.24, 2.45) is 0 Å². The molecule has 100 valence electrons. The van der Waals surface area contributed by atoms with Gasteiger partial charge in [-0.25, -0.2) is 4.39 Å². The predicted molar refractivity (Wildman–Crippen MR) is 75.6 cm³/mol. The first-order chi connectivity index (χ1) is 8.57. The zero-order chi connectivity index (χ0) is 13.5. The van der Waals surface area contributed by atoms with E-state index in [1.165, 1.54) is 12.1 Å². The third-order valence-electron chi connectivity index (χ3n) is 2.66. The van der Waals surface area contributed by atoms with Gasteiger partial charge in [0.2, 0.25) is 0 Å². The molecule has 5 heteroatoms. The van der Waals surface area contributed by atoms with Crippen molar-refractivity contribution in [3.8, 4) is 0 Å². The third-order valence-corrected chi connectivity index (χ3v) is 3.73. The number of carbonyl (C=O) groups excluding carboxylic acids is 1. The van der Waals surface area contributed by atoms with Crippen LogP contribution in [0.4, 0.5) is 4.39 Å². The first-order valence-electron chi connectivity index (χ1n) is 5.83. The van der Waals surface area contributed by atoms with E-state index in [0.717, 1.165) is 19.3 Å². The van der Waals surface area contributed by atoms with Crippen molar-refractivity contribution in [3.05, 3.63) is 34.1 Å². The van der Waals surface area contributed by atoms with E-state index in [-0.39, 0.29) is 10.4 Å². The van der Waals surface area contributed by atoms with Crippen LogP contribution in [0, 0.1) is 5.82 Å². The molecule has 0 aromatic heterocycles. The van der Waals surface area contributed by atoms with Crippen LogP contribution < -0.4 is 0 Å². The predicted octanol–water partition coefficient (Wildman–Crippen LogP) is 4.07. The van der Waals surface area contributed by atoms with Crippen LogP contribution in [0.2, 0.25) is 0 Å². The summed E-state index contributed by atoms with van der Waals surface area (Å²) in [6, 6.07) is 4.47. The Hall–Kier alpha value is -0.610. The minimum absolute atomic E-state index is 0.174. The van der Waals surface area contributed by atoms with Crippen LogP contribution in [0.1, 0.15) is 29.6 Å². The van der Waals surface area contributed by atoms with Crippen molar-refractivity contribution >= 4 is 33.4 Å². The fourth-order valence-corrected chi connectivity index (χ4v) is 2.22. The lowest BCUT2D eigenvalue weighted by molar-refractivity contribution is 0.0791. The van der Waals surface area contributed by atoms with Gasteiger partial charge in [0.25, 0.3) is 5.91 Å². The highest BCUT2D eigenvalue weighted by atomic mass is 79.9. The number of nitrogens with zero attached hydrogens (tertiary/aromatic N) is 1. The Morgan fingerprint density at radius 1 is 1.39 bits per heavy atom. The molecule has 0 N–H and O–H groups in total. The number of benzene rings is 1. The van der Waals surface area contributed by atoms with Crippen LogP contribution in [0.3, 0.4) is 0 Å². The molecule has 0 aliphatic rings. The van der Waals surface area contributed by atoms with Gasteiger partial charge >= 0.3 is 0 Å². The normalized spacial score (nSPS) is 10.4. The molecule has 1 amide bonds. The number of unbranched alkanes of at least 4 members (excludes halogenated alkanes) is 2. The fourth-order valence-electron chi connectivity index (χ4n) is 1.60. The van der Waals surface area contributed by atoms with Crippen molar-refractivity contribution in [2.75, 3.05) is 19.5 Å². The minimum atomic E-state index is -0.420. The van der Waals surface area contributed by atoms with Crippen LogP contribution in [0.15, 0.2) is 22.7 Å². The fraction of sp³-hybridized carbons (Fsp3) is 0.462. The van der Waals surface area contributed by atoms with E-state index >= 15 is 0 Å². The number of carbonyl (C=O) groups is 1. The number of rotatable bonds is 6. The van der Waals surface area contributed by atoms with Crippen molar-refractivity contribution in [1.82, 2.24) is 4.90 Å². The maximum Gasteiger partial charge on any atom is 0.254 e. The average molecular weight is 337 g/mol. The van der Waals surface area contributed by atoms with Crippen molar-refractivity contribution < 1.29 is 9.18 Å². The molecule has 18 heavy (non-hydrogen) atoms. The Balaban J connectivity index is 2.60. The Morgan fingerprint density at radius 2 is 2.11 bits per heavy atom. The molecular weight excluding hydrogens is 321 g/mol. The summed E-state index contributed by atoms with van der Waals surface area (Å²) in [7, 11) is 1.72. The zero-order valence-electron chi connectivity index (χ0n) is 10.3. The molecule has 0 spiro atoms. The molecule has 0 aliphatic carbocycles. The van der Waals surface area contributed by atoms with Gasteiger partial charge in [0, 0.05) is 19.5 Å². The first-order valence-corrected chi connectivity index (χ1v) is 7.16. The largest absolute Gasteiger partial charge is 0.342 e. The molecule has 0 bridgehead atoms. The van der Waals surface area contributed by atoms with Gasteiger partial charge in [-0.15, -0.1) is 11.6 Å². The van der Waals surface area contributed by atoms with E-state index in [2.05, 4.69) is 15.9 Å². The minimum Gasteiger partial charge on any atom is -0.342 e. The lowest BCUT2D eigenvalue weighted by Gasteiger charge is -2.17. The molecule has 2 nitrogen and oxygen atoms in total. The quantitative estimate of drug-likeness (QED) is 0.566. The molecule has 0 unspecified atom stereocenters. The number of hydrogen-bond donors (Lipinski definition) is 0. The Labute approximate surface area is 120 Å². The molecular formula is C13H16BrClFNO. The van der Waals surface area contributed by atoms with E-state index in [1.807, 2.05) is 0 Å². The summed E-state index contributed by atoms with van der Waals surface area (Å²) < 4.78 is 13.5. The maximum atomic E-state index is 13.3. The van der Waals surface area contributed by atoms with Gasteiger partial charge in [-0.1, -0.05) is 12.5 Å². The van der Waals surface area contributed by atoms with E-state index < -0.39 is 5.82 Å². The highest BCUT2D eigenvalue weighted by Crippen LogP contribution is 2.21. The molecule has 0 saturated heterocycles. The van der Waals surface area contributed by atoms with Crippen molar-refractivity contribution in [1.29, 1.82) is 0 Å². The van der Waals surface area contributed by atoms with Gasteiger partial charge in [0.05, 0.1) is 10.0 Å². The maximum absolute atomic E-state index is 13.3. The lowest BCUT2D eigenvalue weighted by atomic mass is 10.2. The summed E-state index contributed by atoms with van der Waals surface area (Å²) in [5.74, 6) is 0.0521. The van der Waals surface area contributed by atoms with Crippen LogP contribution in [-0.4, -0.2) is 30.3 Å². The van der Waals surface area contributed by atoms with E-state index in [4.69, 9.17) is 11.6 Å². The van der Waals surface area contributed by atoms with Crippen molar-refractivity contribution in [3.63, 3.8) is 0 Å². The molecule has 0 heterocycles. The SMILES string of the molecule is CN(CCCCCCl)C(=O)c1cccc(F)c1Br. The second-order valence-electron chi connectivity index (χ2n) is 4.08. The summed E-state index contributed by atoms with van der Waals surface area (Å²) in [5.41, 5.74) is 0.356. The van der Waals surface area contributed by atoms with Crippen LogP contribution in [0.5, 0.6) is 0 Å². The topological polar surface area (TPSA) is 20.3 Å². The smallest absolute Gasteiger partial charge is 0.254 e. The molecule has 1 aromatic carbocycles. The highest BCUT2D eigenvalue weighted by Gasteiger charge is 2.16. The van der Waals surface area contributed by atoms with Gasteiger partial charge in [-0.05, 0) is 40.9 Å². The second-order valence-corrected chi connectivity index (χ2v) is 5.25. The zero-order valence-corrected chi connectivity index (χ0v) is 12.6. The van der Waals surface area contributed by atoms with Crippen molar-refractivity contribution in [2.45, 2.75) is 19.3 Å². The molecule has 0 atom stereocenters.